The number of hydrogen-bond donors (Lipinski definition) is 1. The van der Waals surface area contributed by atoms with Crippen molar-refractivity contribution in [2.75, 3.05) is 5.32 Å². The lowest BCUT2D eigenvalue weighted by molar-refractivity contribution is -0.114. The predicted octanol–water partition coefficient (Wildman–Crippen LogP) is 3.35. The van der Waals surface area contributed by atoms with Crippen molar-refractivity contribution >= 4 is 33.4 Å². The first kappa shape index (κ1) is 10.7. The molecule has 3 heteroatoms. The molecule has 0 saturated carbocycles. The zero-order valence-corrected chi connectivity index (χ0v) is 9.97. The Morgan fingerprint density at radius 3 is 2.56 bits per heavy atom. The molecule has 18 heavy (non-hydrogen) atoms. The van der Waals surface area contributed by atoms with Crippen LogP contribution in [0.2, 0.25) is 0 Å². The van der Waals surface area contributed by atoms with Gasteiger partial charge in [0.1, 0.15) is 5.82 Å². The molecule has 3 rings (SSSR count). The highest BCUT2D eigenvalue weighted by Crippen LogP contribution is 2.24. The molecule has 0 unspecified atom stereocenters. The molecule has 0 aliphatic carbocycles. The van der Waals surface area contributed by atoms with Crippen molar-refractivity contribution in [2.45, 2.75) is 6.92 Å². The second kappa shape index (κ2) is 4.11. The fourth-order valence-electron chi connectivity index (χ4n) is 2.11. The predicted molar refractivity (Wildman–Crippen MR) is 73.6 cm³/mol. The molecular weight excluding hydrogens is 224 g/mol. The molecule has 88 valence electrons. The van der Waals surface area contributed by atoms with Crippen LogP contribution in [0.25, 0.3) is 21.7 Å². The Hall–Kier alpha value is -2.42. The lowest BCUT2D eigenvalue weighted by Gasteiger charge is -2.06. The van der Waals surface area contributed by atoms with E-state index in [-0.39, 0.29) is 5.91 Å². The molecule has 3 nitrogen and oxygen atoms in total. The third-order valence-electron chi connectivity index (χ3n) is 2.89. The Bertz CT molecular complexity index is 750. The summed E-state index contributed by atoms with van der Waals surface area (Å²) < 4.78 is 0. The minimum Gasteiger partial charge on any atom is -0.311 e. The van der Waals surface area contributed by atoms with Crippen molar-refractivity contribution in [1.29, 1.82) is 0 Å². The highest BCUT2D eigenvalue weighted by atomic mass is 16.1. The number of carbonyl (C=O) groups excluding carboxylic acids is 1. The molecule has 0 aliphatic rings. The van der Waals surface area contributed by atoms with Gasteiger partial charge in [0.2, 0.25) is 5.91 Å². The lowest BCUT2D eigenvalue weighted by atomic mass is 10.1. The van der Waals surface area contributed by atoms with Gasteiger partial charge in [-0.2, -0.15) is 0 Å². The summed E-state index contributed by atoms with van der Waals surface area (Å²) in [6.45, 7) is 1.48. The van der Waals surface area contributed by atoms with Crippen LogP contribution in [0.15, 0.2) is 48.5 Å². The number of carbonyl (C=O) groups is 1. The number of hydrogen-bond acceptors (Lipinski definition) is 2. The average Bonchev–Trinajstić information content (AvgIpc) is 2.38. The second-order valence-corrected chi connectivity index (χ2v) is 4.24. The molecule has 0 bridgehead atoms. The van der Waals surface area contributed by atoms with E-state index in [1.54, 1.807) is 0 Å². The van der Waals surface area contributed by atoms with Crippen LogP contribution < -0.4 is 5.32 Å². The lowest BCUT2D eigenvalue weighted by Crippen LogP contribution is -2.07. The molecule has 1 N–H and O–H groups in total. The molecular formula is C15H12N2O. The van der Waals surface area contributed by atoms with Gasteiger partial charge in [-0.05, 0) is 17.5 Å². The summed E-state index contributed by atoms with van der Waals surface area (Å²) in [6.07, 6.45) is 0. The number of nitrogens with zero attached hydrogens (tertiary/aromatic N) is 1. The van der Waals surface area contributed by atoms with Crippen molar-refractivity contribution in [3.63, 3.8) is 0 Å². The van der Waals surface area contributed by atoms with Crippen molar-refractivity contribution in [1.82, 2.24) is 4.98 Å². The Balaban J connectivity index is 2.29. The third-order valence-corrected chi connectivity index (χ3v) is 2.89. The largest absolute Gasteiger partial charge is 0.311 e. The van der Waals surface area contributed by atoms with Crippen LogP contribution in [0.1, 0.15) is 6.92 Å². The van der Waals surface area contributed by atoms with Crippen LogP contribution in [0.3, 0.4) is 0 Å². The van der Waals surface area contributed by atoms with E-state index in [0.717, 1.165) is 21.7 Å². The summed E-state index contributed by atoms with van der Waals surface area (Å²) in [5.41, 5.74) is 0.916. The first-order chi connectivity index (χ1) is 8.74. The fourth-order valence-corrected chi connectivity index (χ4v) is 2.11. The molecule has 1 amide bonds. The molecule has 0 atom stereocenters. The van der Waals surface area contributed by atoms with Crippen LogP contribution in [0.4, 0.5) is 5.82 Å². The maximum atomic E-state index is 11.1. The molecule has 0 saturated heterocycles. The van der Waals surface area contributed by atoms with Crippen molar-refractivity contribution < 1.29 is 4.79 Å². The summed E-state index contributed by atoms with van der Waals surface area (Å²) in [5.74, 6) is 0.480. The zero-order chi connectivity index (χ0) is 12.5. The van der Waals surface area contributed by atoms with Crippen LogP contribution in [-0.2, 0) is 4.79 Å². The number of anilines is 1. The van der Waals surface area contributed by atoms with Gasteiger partial charge in [-0.1, -0.05) is 36.4 Å². The van der Waals surface area contributed by atoms with Gasteiger partial charge >= 0.3 is 0 Å². The zero-order valence-electron chi connectivity index (χ0n) is 9.97. The summed E-state index contributed by atoms with van der Waals surface area (Å²) in [7, 11) is 0. The summed E-state index contributed by atoms with van der Waals surface area (Å²) in [5, 5.41) is 6.03. The van der Waals surface area contributed by atoms with Crippen LogP contribution >= 0.6 is 0 Å². The molecule has 1 aromatic heterocycles. The number of aromatic nitrogens is 1. The van der Waals surface area contributed by atoms with E-state index in [1.165, 1.54) is 6.92 Å². The van der Waals surface area contributed by atoms with Gasteiger partial charge in [-0.25, -0.2) is 4.98 Å². The van der Waals surface area contributed by atoms with Crippen molar-refractivity contribution in [3.8, 4) is 0 Å². The van der Waals surface area contributed by atoms with Crippen molar-refractivity contribution in [3.05, 3.63) is 48.5 Å². The molecule has 2 aromatic carbocycles. The number of pyridine rings is 1. The first-order valence-electron chi connectivity index (χ1n) is 5.80. The second-order valence-electron chi connectivity index (χ2n) is 4.24. The quantitative estimate of drug-likeness (QED) is 0.658. The van der Waals surface area contributed by atoms with E-state index in [1.807, 2.05) is 36.4 Å². The number of fused-ring (bicyclic) bond motifs is 3. The van der Waals surface area contributed by atoms with E-state index < -0.39 is 0 Å². The van der Waals surface area contributed by atoms with E-state index in [4.69, 9.17) is 0 Å². The summed E-state index contributed by atoms with van der Waals surface area (Å²) in [6, 6.07) is 16.0. The van der Waals surface area contributed by atoms with E-state index >= 15 is 0 Å². The van der Waals surface area contributed by atoms with E-state index in [0.29, 0.717) is 5.82 Å². The average molecular weight is 236 g/mol. The fraction of sp³-hybridized carbons (Fsp3) is 0.0667. The topological polar surface area (TPSA) is 42.0 Å². The third kappa shape index (κ3) is 1.80. The van der Waals surface area contributed by atoms with Gasteiger partial charge in [0.15, 0.2) is 0 Å². The maximum absolute atomic E-state index is 11.1. The number of benzene rings is 2. The monoisotopic (exact) mass is 236 g/mol. The summed E-state index contributed by atoms with van der Waals surface area (Å²) in [4.78, 5) is 15.6. The van der Waals surface area contributed by atoms with E-state index in [9.17, 15) is 4.79 Å². The Morgan fingerprint density at radius 2 is 1.72 bits per heavy atom. The molecule has 0 aliphatic heterocycles. The van der Waals surface area contributed by atoms with Gasteiger partial charge in [0.25, 0.3) is 0 Å². The summed E-state index contributed by atoms with van der Waals surface area (Å²) >= 11 is 0. The highest BCUT2D eigenvalue weighted by Gasteiger charge is 2.03. The smallest absolute Gasteiger partial charge is 0.222 e. The molecule has 0 fully saturated rings. The highest BCUT2D eigenvalue weighted by molar-refractivity contribution is 6.05. The van der Waals surface area contributed by atoms with Crippen LogP contribution in [0.5, 0.6) is 0 Å². The first-order valence-corrected chi connectivity index (χ1v) is 5.80. The standard InChI is InChI=1S/C15H12N2O/c1-10(18)16-14-9-8-12-7-6-11-4-2-3-5-13(11)15(12)17-14/h2-9H,1H3,(H,16,17,18). The van der Waals surface area contributed by atoms with Gasteiger partial charge in [0.05, 0.1) is 5.52 Å². The van der Waals surface area contributed by atoms with Crippen molar-refractivity contribution in [2.24, 2.45) is 0 Å². The van der Waals surface area contributed by atoms with Gasteiger partial charge < -0.3 is 5.32 Å². The SMILES string of the molecule is CC(=O)Nc1ccc2ccc3ccccc3c2n1. The minimum absolute atomic E-state index is 0.109. The van der Waals surface area contributed by atoms with Crippen LogP contribution in [-0.4, -0.2) is 10.9 Å². The molecule has 1 heterocycles. The maximum Gasteiger partial charge on any atom is 0.222 e. The number of rotatable bonds is 1. The van der Waals surface area contributed by atoms with Crippen LogP contribution in [0, 0.1) is 0 Å². The minimum atomic E-state index is -0.109. The van der Waals surface area contributed by atoms with Gasteiger partial charge in [-0.15, -0.1) is 0 Å². The van der Waals surface area contributed by atoms with Gasteiger partial charge in [-0.3, -0.25) is 4.79 Å². The normalized spacial score (nSPS) is 10.7. The molecule has 0 radical (unpaired) electrons. The Kier molecular flexibility index (Phi) is 2.45. The Morgan fingerprint density at radius 1 is 1.00 bits per heavy atom. The number of nitrogens with one attached hydrogen (secondary N) is 1. The number of amides is 1. The molecule has 3 aromatic rings. The molecule has 0 spiro atoms. The van der Waals surface area contributed by atoms with E-state index in [2.05, 4.69) is 22.4 Å². The Labute approximate surface area is 104 Å². The van der Waals surface area contributed by atoms with Gasteiger partial charge in [0, 0.05) is 17.7 Å².